The SMILES string of the molecule is CC(C)(C)OC(=O)N(CCOCCNC(=O)OCc1ccccc1)CC(=O)N1CCN(C(=O)c2cc(Cc3n[nH]c(=O)c4ccccc34)ccc2F)CC1. The topological polar surface area (TPSA) is 163 Å². The fourth-order valence-electron chi connectivity index (χ4n) is 5.78. The number of aromatic amines is 1. The van der Waals surface area contributed by atoms with Gasteiger partial charge in [0.25, 0.3) is 11.5 Å². The molecule has 15 heteroatoms. The van der Waals surface area contributed by atoms with Crippen LogP contribution in [0.2, 0.25) is 0 Å². The van der Waals surface area contributed by atoms with E-state index in [4.69, 9.17) is 14.2 Å². The largest absolute Gasteiger partial charge is 0.445 e. The molecule has 1 aliphatic rings. The smallest absolute Gasteiger partial charge is 0.410 e. The third-order valence-electron chi connectivity index (χ3n) is 8.54. The third-order valence-corrected chi connectivity index (χ3v) is 8.54. The average molecular weight is 745 g/mol. The van der Waals surface area contributed by atoms with Crippen molar-refractivity contribution in [3.05, 3.63) is 111 Å². The molecule has 2 heterocycles. The molecular weight excluding hydrogens is 699 g/mol. The van der Waals surface area contributed by atoms with Gasteiger partial charge >= 0.3 is 12.2 Å². The normalized spacial score (nSPS) is 13.0. The van der Waals surface area contributed by atoms with Crippen LogP contribution in [-0.4, -0.2) is 114 Å². The van der Waals surface area contributed by atoms with Gasteiger partial charge in [-0.15, -0.1) is 0 Å². The maximum Gasteiger partial charge on any atom is 0.410 e. The second-order valence-electron chi connectivity index (χ2n) is 13.7. The summed E-state index contributed by atoms with van der Waals surface area (Å²) in [5.74, 6) is -1.52. The predicted octanol–water partition coefficient (Wildman–Crippen LogP) is 4.12. The molecule has 0 atom stereocenters. The lowest BCUT2D eigenvalue weighted by Crippen LogP contribution is -2.53. The van der Waals surface area contributed by atoms with Gasteiger partial charge in [0.15, 0.2) is 0 Å². The number of fused-ring (bicyclic) bond motifs is 1. The fourth-order valence-corrected chi connectivity index (χ4v) is 5.78. The molecule has 54 heavy (non-hydrogen) atoms. The molecule has 14 nitrogen and oxygen atoms in total. The molecule has 1 aliphatic heterocycles. The van der Waals surface area contributed by atoms with Crippen LogP contribution in [0.5, 0.6) is 0 Å². The van der Waals surface area contributed by atoms with E-state index < -0.39 is 29.5 Å². The Balaban J connectivity index is 1.10. The number of aromatic nitrogens is 2. The Labute approximate surface area is 312 Å². The molecule has 0 unspecified atom stereocenters. The number of benzene rings is 3. The molecule has 0 radical (unpaired) electrons. The van der Waals surface area contributed by atoms with E-state index in [-0.39, 0.29) is 89.1 Å². The summed E-state index contributed by atoms with van der Waals surface area (Å²) in [6.07, 6.45) is -1.01. The zero-order valence-electron chi connectivity index (χ0n) is 30.6. The van der Waals surface area contributed by atoms with Crippen molar-refractivity contribution in [2.24, 2.45) is 0 Å². The van der Waals surface area contributed by atoms with Crippen molar-refractivity contribution >= 4 is 34.8 Å². The second-order valence-corrected chi connectivity index (χ2v) is 13.7. The number of rotatable bonds is 13. The highest BCUT2D eigenvalue weighted by Crippen LogP contribution is 2.20. The van der Waals surface area contributed by atoms with Crippen LogP contribution in [-0.2, 0) is 32.0 Å². The summed E-state index contributed by atoms with van der Waals surface area (Å²) >= 11 is 0. The predicted molar refractivity (Wildman–Crippen MR) is 197 cm³/mol. The third kappa shape index (κ3) is 11.1. The molecule has 1 aromatic heterocycles. The first kappa shape index (κ1) is 39.4. The molecule has 5 rings (SSSR count). The van der Waals surface area contributed by atoms with Crippen LogP contribution in [0.4, 0.5) is 14.0 Å². The lowest BCUT2D eigenvalue weighted by molar-refractivity contribution is -0.134. The Morgan fingerprint density at radius 1 is 0.889 bits per heavy atom. The van der Waals surface area contributed by atoms with Gasteiger partial charge in [-0.05, 0) is 50.1 Å². The minimum absolute atomic E-state index is 0.0531. The molecule has 0 aliphatic carbocycles. The van der Waals surface area contributed by atoms with E-state index in [0.29, 0.717) is 22.0 Å². The van der Waals surface area contributed by atoms with E-state index in [9.17, 15) is 28.4 Å². The van der Waals surface area contributed by atoms with Crippen LogP contribution < -0.4 is 10.9 Å². The van der Waals surface area contributed by atoms with Gasteiger partial charge in [-0.2, -0.15) is 5.10 Å². The number of nitrogens with one attached hydrogen (secondary N) is 2. The summed E-state index contributed by atoms with van der Waals surface area (Å²) in [6.45, 7) is 6.19. The lowest BCUT2D eigenvalue weighted by Gasteiger charge is -2.36. The van der Waals surface area contributed by atoms with Gasteiger partial charge in [-0.25, -0.2) is 19.1 Å². The fraction of sp³-hybridized carbons (Fsp3) is 0.385. The maximum absolute atomic E-state index is 15.0. The van der Waals surface area contributed by atoms with Crippen molar-refractivity contribution in [1.82, 2.24) is 30.2 Å². The summed E-state index contributed by atoms with van der Waals surface area (Å²) in [4.78, 5) is 68.3. The summed E-state index contributed by atoms with van der Waals surface area (Å²) in [7, 11) is 0. The van der Waals surface area contributed by atoms with Gasteiger partial charge in [-0.1, -0.05) is 54.6 Å². The highest BCUT2D eigenvalue weighted by atomic mass is 19.1. The maximum atomic E-state index is 15.0. The molecule has 1 fully saturated rings. The number of hydrogen-bond donors (Lipinski definition) is 2. The molecule has 0 spiro atoms. The molecule has 0 saturated carbocycles. The molecule has 0 bridgehead atoms. The van der Waals surface area contributed by atoms with E-state index in [1.807, 2.05) is 30.3 Å². The van der Waals surface area contributed by atoms with Crippen molar-refractivity contribution < 1.29 is 37.8 Å². The average Bonchev–Trinajstić information content (AvgIpc) is 3.16. The summed E-state index contributed by atoms with van der Waals surface area (Å²) in [5, 5.41) is 10.4. The monoisotopic (exact) mass is 744 g/mol. The van der Waals surface area contributed by atoms with Crippen molar-refractivity contribution in [3.63, 3.8) is 0 Å². The standard InChI is InChI=1S/C39H45FN6O8/c1-39(2,3)54-38(51)46(20-22-52-21-15-41-37(50)53-26-27-9-5-4-6-10-27)25-34(47)44-16-18-45(19-17-44)36(49)31-23-28(13-14-32(31)40)24-33-29-11-7-8-12-30(29)35(48)43-42-33/h4-14,23H,15-22,24-26H2,1-3H3,(H,41,50)(H,43,48). The number of carbonyl (C=O) groups excluding carboxylic acids is 4. The first-order valence-electron chi connectivity index (χ1n) is 17.7. The van der Waals surface area contributed by atoms with E-state index in [0.717, 1.165) is 5.56 Å². The van der Waals surface area contributed by atoms with Crippen molar-refractivity contribution in [1.29, 1.82) is 0 Å². The van der Waals surface area contributed by atoms with Gasteiger partial charge in [0.2, 0.25) is 5.91 Å². The van der Waals surface area contributed by atoms with E-state index in [2.05, 4.69) is 15.5 Å². The first-order chi connectivity index (χ1) is 25.9. The van der Waals surface area contributed by atoms with Crippen LogP contribution in [0.1, 0.15) is 48.0 Å². The molecule has 4 amide bonds. The number of hydrogen-bond acceptors (Lipinski definition) is 9. The Bertz CT molecular complexity index is 1990. The highest BCUT2D eigenvalue weighted by Gasteiger charge is 2.30. The lowest BCUT2D eigenvalue weighted by atomic mass is 10.0. The van der Waals surface area contributed by atoms with Crippen molar-refractivity contribution in [2.75, 3.05) is 59.0 Å². The highest BCUT2D eigenvalue weighted by molar-refractivity contribution is 5.95. The van der Waals surface area contributed by atoms with Crippen LogP contribution in [0.25, 0.3) is 10.8 Å². The number of amides is 4. The number of alkyl carbamates (subject to hydrolysis) is 1. The quantitative estimate of drug-likeness (QED) is 0.192. The Morgan fingerprint density at radius 3 is 2.30 bits per heavy atom. The van der Waals surface area contributed by atoms with Gasteiger partial charge in [-0.3, -0.25) is 19.3 Å². The van der Waals surface area contributed by atoms with E-state index >= 15 is 0 Å². The Hall–Kier alpha value is -5.83. The van der Waals surface area contributed by atoms with Gasteiger partial charge in [0.05, 0.1) is 29.9 Å². The minimum Gasteiger partial charge on any atom is -0.445 e. The van der Waals surface area contributed by atoms with Crippen LogP contribution >= 0.6 is 0 Å². The number of H-pyrrole nitrogens is 1. The second kappa shape index (κ2) is 18.3. The number of piperazine rings is 1. The zero-order chi connectivity index (χ0) is 38.7. The molecule has 286 valence electrons. The van der Waals surface area contributed by atoms with E-state index in [1.54, 1.807) is 56.0 Å². The summed E-state index contributed by atoms with van der Waals surface area (Å²) < 4.78 is 31.3. The molecule has 1 saturated heterocycles. The Kier molecular flexibility index (Phi) is 13.3. The van der Waals surface area contributed by atoms with Gasteiger partial charge in [0.1, 0.15) is 24.6 Å². The molecular formula is C39H45FN6O8. The van der Waals surface area contributed by atoms with Crippen molar-refractivity contribution in [3.8, 4) is 0 Å². The van der Waals surface area contributed by atoms with Crippen LogP contribution in [0.3, 0.4) is 0 Å². The van der Waals surface area contributed by atoms with Crippen molar-refractivity contribution in [2.45, 2.75) is 39.4 Å². The number of ether oxygens (including phenoxy) is 3. The minimum atomic E-state index is -0.799. The summed E-state index contributed by atoms with van der Waals surface area (Å²) in [5.41, 5.74) is 0.878. The zero-order valence-corrected chi connectivity index (χ0v) is 30.6. The molecule has 3 aromatic carbocycles. The van der Waals surface area contributed by atoms with Gasteiger partial charge < -0.3 is 29.3 Å². The summed E-state index contributed by atoms with van der Waals surface area (Å²) in [6, 6.07) is 20.6. The molecule has 2 N–H and O–H groups in total. The molecule has 4 aromatic rings. The van der Waals surface area contributed by atoms with Crippen LogP contribution in [0, 0.1) is 5.82 Å². The number of nitrogens with zero attached hydrogens (tertiary/aromatic N) is 4. The first-order valence-corrected chi connectivity index (χ1v) is 17.7. The number of halogens is 1. The van der Waals surface area contributed by atoms with Crippen LogP contribution in [0.15, 0.2) is 77.6 Å². The number of carbonyl (C=O) groups is 4. The Morgan fingerprint density at radius 2 is 1.57 bits per heavy atom. The van der Waals surface area contributed by atoms with E-state index in [1.165, 1.54) is 21.9 Å². The van der Waals surface area contributed by atoms with Gasteiger partial charge in [0, 0.05) is 51.1 Å².